The molecule has 3 rings (SSSR count). The van der Waals surface area contributed by atoms with Crippen LogP contribution in [0.2, 0.25) is 0 Å². The zero-order valence-corrected chi connectivity index (χ0v) is 14.3. The summed E-state index contributed by atoms with van der Waals surface area (Å²) < 4.78 is 2.65. The Hall–Kier alpha value is -1.89. The van der Waals surface area contributed by atoms with Crippen molar-refractivity contribution in [3.8, 4) is 0 Å². The molecule has 1 fully saturated rings. The van der Waals surface area contributed by atoms with Gasteiger partial charge in [-0.05, 0) is 53.7 Å². The van der Waals surface area contributed by atoms with Gasteiger partial charge in [0.1, 0.15) is 11.3 Å². The van der Waals surface area contributed by atoms with E-state index in [1.165, 1.54) is 0 Å². The number of nitrogens with zero attached hydrogens (tertiary/aromatic N) is 2. The number of aromatic nitrogens is 2. The number of rotatable bonds is 3. The Bertz CT molecular complexity index is 763. The van der Waals surface area contributed by atoms with Gasteiger partial charge in [0.2, 0.25) is 0 Å². The van der Waals surface area contributed by atoms with Crippen molar-refractivity contribution in [2.45, 2.75) is 31.7 Å². The first-order valence-corrected chi connectivity index (χ1v) is 8.39. The lowest BCUT2D eigenvalue weighted by molar-refractivity contribution is -0.142. The Kier molecular flexibility index (Phi) is 4.39. The van der Waals surface area contributed by atoms with E-state index in [0.717, 1.165) is 15.5 Å². The number of carboxylic acids is 1. The first kappa shape index (κ1) is 16.0. The van der Waals surface area contributed by atoms with Gasteiger partial charge in [0.15, 0.2) is 0 Å². The van der Waals surface area contributed by atoms with Gasteiger partial charge in [0.05, 0.1) is 5.92 Å². The van der Waals surface area contributed by atoms with Crippen LogP contribution in [0.15, 0.2) is 22.8 Å². The van der Waals surface area contributed by atoms with Crippen LogP contribution in [-0.4, -0.2) is 32.6 Å². The standard InChI is InChI=1S/C16H18BrN3O3/c1-20-13(7-10-6-11(17)8-18-14(10)20)15(21)19-12-4-2-9(3-5-12)16(22)23/h6-9,12H,2-5H2,1H3,(H,19,21)(H,22,23). The minimum absolute atomic E-state index is 0.0378. The fourth-order valence-electron chi connectivity index (χ4n) is 3.15. The SMILES string of the molecule is Cn1c(C(=O)NC2CCC(C(=O)O)CC2)cc2cc(Br)cnc21. The molecule has 0 aromatic carbocycles. The predicted octanol–water partition coefficient (Wildman–Crippen LogP) is 2.71. The molecule has 2 N–H and O–H groups in total. The minimum atomic E-state index is -0.736. The van der Waals surface area contributed by atoms with Crippen molar-refractivity contribution < 1.29 is 14.7 Å². The number of fused-ring (bicyclic) bond motifs is 1. The Morgan fingerprint density at radius 2 is 2.00 bits per heavy atom. The lowest BCUT2D eigenvalue weighted by Crippen LogP contribution is -2.39. The molecule has 0 atom stereocenters. The number of carbonyl (C=O) groups is 2. The largest absolute Gasteiger partial charge is 0.481 e. The van der Waals surface area contributed by atoms with Gasteiger partial charge in [-0.2, -0.15) is 0 Å². The molecule has 1 saturated carbocycles. The zero-order chi connectivity index (χ0) is 16.6. The zero-order valence-electron chi connectivity index (χ0n) is 12.8. The van der Waals surface area contributed by atoms with Crippen LogP contribution in [0, 0.1) is 5.92 Å². The Morgan fingerprint density at radius 1 is 1.30 bits per heavy atom. The molecule has 6 nitrogen and oxygen atoms in total. The highest BCUT2D eigenvalue weighted by atomic mass is 79.9. The molecule has 2 aromatic rings. The number of carboxylic acid groups (broad SMARTS) is 1. The van der Waals surface area contributed by atoms with E-state index in [1.54, 1.807) is 10.8 Å². The lowest BCUT2D eigenvalue weighted by atomic mass is 9.86. The van der Waals surface area contributed by atoms with Crippen LogP contribution in [0.5, 0.6) is 0 Å². The highest BCUT2D eigenvalue weighted by Crippen LogP contribution is 2.25. The monoisotopic (exact) mass is 379 g/mol. The van der Waals surface area contributed by atoms with E-state index in [-0.39, 0.29) is 17.9 Å². The van der Waals surface area contributed by atoms with Crippen molar-refractivity contribution in [2.24, 2.45) is 13.0 Å². The van der Waals surface area contributed by atoms with Gasteiger partial charge < -0.3 is 15.0 Å². The maximum Gasteiger partial charge on any atom is 0.306 e. The smallest absolute Gasteiger partial charge is 0.306 e. The molecule has 1 aliphatic rings. The van der Waals surface area contributed by atoms with E-state index < -0.39 is 5.97 Å². The number of carbonyl (C=O) groups excluding carboxylic acids is 1. The summed E-state index contributed by atoms with van der Waals surface area (Å²) in [6.07, 6.45) is 4.35. The number of amides is 1. The van der Waals surface area contributed by atoms with Gasteiger partial charge in [-0.1, -0.05) is 0 Å². The van der Waals surface area contributed by atoms with Gasteiger partial charge in [0, 0.05) is 29.1 Å². The summed E-state index contributed by atoms with van der Waals surface area (Å²) >= 11 is 3.38. The van der Waals surface area contributed by atoms with E-state index >= 15 is 0 Å². The number of pyridine rings is 1. The highest BCUT2D eigenvalue weighted by Gasteiger charge is 2.27. The average Bonchev–Trinajstić information content (AvgIpc) is 2.84. The van der Waals surface area contributed by atoms with Crippen LogP contribution in [0.1, 0.15) is 36.2 Å². The second kappa shape index (κ2) is 6.31. The second-order valence-corrected chi connectivity index (χ2v) is 6.93. The molecule has 0 aliphatic heterocycles. The summed E-state index contributed by atoms with van der Waals surface area (Å²) in [4.78, 5) is 27.8. The van der Waals surface area contributed by atoms with Crippen LogP contribution < -0.4 is 5.32 Å². The van der Waals surface area contributed by atoms with Crippen LogP contribution in [0.4, 0.5) is 0 Å². The van der Waals surface area contributed by atoms with Gasteiger partial charge in [-0.25, -0.2) is 4.98 Å². The van der Waals surface area contributed by atoms with Crippen molar-refractivity contribution in [3.63, 3.8) is 0 Å². The first-order valence-electron chi connectivity index (χ1n) is 7.60. The van der Waals surface area contributed by atoms with Crippen molar-refractivity contribution in [3.05, 3.63) is 28.5 Å². The van der Waals surface area contributed by atoms with Crippen molar-refractivity contribution in [1.82, 2.24) is 14.9 Å². The van der Waals surface area contributed by atoms with Crippen LogP contribution in [0.3, 0.4) is 0 Å². The first-order chi connectivity index (χ1) is 11.0. The molecule has 0 unspecified atom stereocenters. The number of hydrogen-bond acceptors (Lipinski definition) is 3. The summed E-state index contributed by atoms with van der Waals surface area (Å²) in [6, 6.07) is 3.79. The molecular formula is C16H18BrN3O3. The van der Waals surface area contributed by atoms with Crippen LogP contribution in [0.25, 0.3) is 11.0 Å². The van der Waals surface area contributed by atoms with E-state index in [4.69, 9.17) is 5.11 Å². The molecule has 0 spiro atoms. The fraction of sp³-hybridized carbons (Fsp3) is 0.438. The molecule has 1 amide bonds. The van der Waals surface area contributed by atoms with Crippen LogP contribution >= 0.6 is 15.9 Å². The number of nitrogens with one attached hydrogen (secondary N) is 1. The van der Waals surface area contributed by atoms with Crippen LogP contribution in [-0.2, 0) is 11.8 Å². The van der Waals surface area contributed by atoms with E-state index in [2.05, 4.69) is 26.2 Å². The van der Waals surface area contributed by atoms with Gasteiger partial charge in [0.25, 0.3) is 5.91 Å². The summed E-state index contributed by atoms with van der Waals surface area (Å²) in [5.74, 6) is -1.15. The number of aliphatic carboxylic acids is 1. The van der Waals surface area contributed by atoms with Gasteiger partial charge in [-0.15, -0.1) is 0 Å². The second-order valence-electron chi connectivity index (χ2n) is 6.02. The van der Waals surface area contributed by atoms with E-state index in [1.807, 2.05) is 19.2 Å². The molecule has 7 heteroatoms. The maximum atomic E-state index is 12.5. The molecule has 23 heavy (non-hydrogen) atoms. The summed E-state index contributed by atoms with van der Waals surface area (Å²) in [6.45, 7) is 0. The molecule has 0 saturated heterocycles. The molecule has 122 valence electrons. The minimum Gasteiger partial charge on any atom is -0.481 e. The van der Waals surface area contributed by atoms with E-state index in [0.29, 0.717) is 31.4 Å². The average molecular weight is 380 g/mol. The Morgan fingerprint density at radius 3 is 2.65 bits per heavy atom. The molecular weight excluding hydrogens is 362 g/mol. The van der Waals surface area contributed by atoms with Gasteiger partial charge in [-0.3, -0.25) is 9.59 Å². The Balaban J connectivity index is 1.72. The predicted molar refractivity (Wildman–Crippen MR) is 89.3 cm³/mol. The quantitative estimate of drug-likeness (QED) is 0.858. The lowest BCUT2D eigenvalue weighted by Gasteiger charge is -2.26. The number of halogens is 1. The summed E-state index contributed by atoms with van der Waals surface area (Å²) in [5.41, 5.74) is 1.32. The normalized spacial score (nSPS) is 21.3. The van der Waals surface area contributed by atoms with Gasteiger partial charge >= 0.3 is 5.97 Å². The summed E-state index contributed by atoms with van der Waals surface area (Å²) in [7, 11) is 1.82. The van der Waals surface area contributed by atoms with Crippen molar-refractivity contribution in [2.75, 3.05) is 0 Å². The maximum absolute atomic E-state index is 12.5. The molecule has 1 aliphatic carbocycles. The topological polar surface area (TPSA) is 84.2 Å². The van der Waals surface area contributed by atoms with Crippen molar-refractivity contribution >= 4 is 38.8 Å². The highest BCUT2D eigenvalue weighted by molar-refractivity contribution is 9.10. The summed E-state index contributed by atoms with van der Waals surface area (Å²) in [5, 5.41) is 12.9. The van der Waals surface area contributed by atoms with Crippen molar-refractivity contribution in [1.29, 1.82) is 0 Å². The molecule has 0 radical (unpaired) electrons. The molecule has 2 aromatic heterocycles. The van der Waals surface area contributed by atoms with E-state index in [9.17, 15) is 9.59 Å². The fourth-order valence-corrected chi connectivity index (χ4v) is 3.50. The third kappa shape index (κ3) is 3.24. The third-order valence-corrected chi connectivity index (χ3v) is 4.91. The Labute approximate surface area is 142 Å². The molecule has 0 bridgehead atoms. The number of aryl methyl sites for hydroxylation is 1. The third-order valence-electron chi connectivity index (χ3n) is 4.48. The number of hydrogen-bond donors (Lipinski definition) is 2. The molecule has 2 heterocycles.